The van der Waals surface area contributed by atoms with Gasteiger partial charge in [-0.05, 0) is 18.2 Å². The van der Waals surface area contributed by atoms with Crippen molar-refractivity contribution in [2.75, 3.05) is 24.5 Å². The SMILES string of the molecule is Cn1cnc(C(=O)N2CCN(c3ccc(C#N)c(C(F)(F)F)c3)CC2C(N)=O)c1. The normalized spacial score (nSPS) is 17.1. The highest BCUT2D eigenvalue weighted by Gasteiger charge is 2.37. The predicted octanol–water partition coefficient (Wildman–Crippen LogP) is 1.13. The Balaban J connectivity index is 1.87. The molecule has 1 saturated heterocycles. The van der Waals surface area contributed by atoms with Crippen molar-refractivity contribution in [1.82, 2.24) is 14.5 Å². The molecule has 8 nitrogen and oxygen atoms in total. The van der Waals surface area contributed by atoms with Crippen LogP contribution < -0.4 is 10.6 Å². The van der Waals surface area contributed by atoms with Gasteiger partial charge in [-0.1, -0.05) is 0 Å². The molecule has 2 aromatic rings. The fraction of sp³-hybridized carbons (Fsp3) is 0.333. The quantitative estimate of drug-likeness (QED) is 0.822. The number of aromatic nitrogens is 2. The predicted molar refractivity (Wildman–Crippen MR) is 95.6 cm³/mol. The first-order valence-electron chi connectivity index (χ1n) is 8.56. The number of halogens is 3. The number of anilines is 1. The number of benzene rings is 1. The van der Waals surface area contributed by atoms with Gasteiger partial charge in [0.2, 0.25) is 5.91 Å². The van der Waals surface area contributed by atoms with Gasteiger partial charge in [0, 0.05) is 38.6 Å². The Kier molecular flexibility index (Phi) is 5.19. The van der Waals surface area contributed by atoms with Crippen molar-refractivity contribution in [3.8, 4) is 6.07 Å². The Hall–Kier alpha value is -3.55. The Morgan fingerprint density at radius 2 is 2.03 bits per heavy atom. The van der Waals surface area contributed by atoms with Gasteiger partial charge in [-0.2, -0.15) is 18.4 Å². The van der Waals surface area contributed by atoms with E-state index >= 15 is 0 Å². The molecule has 2 amide bonds. The van der Waals surface area contributed by atoms with Crippen LogP contribution in [0.2, 0.25) is 0 Å². The fourth-order valence-corrected chi connectivity index (χ4v) is 3.24. The second kappa shape index (κ2) is 7.46. The smallest absolute Gasteiger partial charge is 0.368 e. The zero-order valence-corrected chi connectivity index (χ0v) is 15.3. The lowest BCUT2D eigenvalue weighted by Gasteiger charge is -2.40. The molecule has 2 N–H and O–H groups in total. The number of hydrogen-bond donors (Lipinski definition) is 1. The molecule has 152 valence electrons. The van der Waals surface area contributed by atoms with E-state index in [1.54, 1.807) is 11.6 Å². The number of piperazine rings is 1. The number of carbonyl (C=O) groups excluding carboxylic acids is 2. The van der Waals surface area contributed by atoms with Gasteiger partial charge in [-0.3, -0.25) is 9.59 Å². The maximum Gasteiger partial charge on any atom is 0.417 e. The van der Waals surface area contributed by atoms with Crippen molar-refractivity contribution in [2.24, 2.45) is 12.8 Å². The summed E-state index contributed by atoms with van der Waals surface area (Å²) in [6.07, 6.45) is -1.75. The number of nitrogens with two attached hydrogens (primary N) is 1. The summed E-state index contributed by atoms with van der Waals surface area (Å²) in [4.78, 5) is 31.4. The van der Waals surface area contributed by atoms with Gasteiger partial charge in [0.05, 0.1) is 23.5 Å². The van der Waals surface area contributed by atoms with Gasteiger partial charge in [0.1, 0.15) is 11.7 Å². The summed E-state index contributed by atoms with van der Waals surface area (Å²) in [6.45, 7) is 0.188. The average Bonchev–Trinajstić information content (AvgIpc) is 3.12. The highest BCUT2D eigenvalue weighted by atomic mass is 19.4. The molecule has 1 atom stereocenters. The number of carbonyl (C=O) groups is 2. The molecule has 1 aliphatic rings. The highest BCUT2D eigenvalue weighted by Crippen LogP contribution is 2.35. The number of rotatable bonds is 3. The van der Waals surface area contributed by atoms with E-state index in [9.17, 15) is 22.8 Å². The molecule has 11 heteroatoms. The van der Waals surface area contributed by atoms with E-state index in [-0.39, 0.29) is 31.0 Å². The van der Waals surface area contributed by atoms with E-state index in [1.165, 1.54) is 34.5 Å². The summed E-state index contributed by atoms with van der Waals surface area (Å²) < 4.78 is 41.3. The summed E-state index contributed by atoms with van der Waals surface area (Å²) in [5.41, 5.74) is 4.24. The number of nitrogens with zero attached hydrogens (tertiary/aromatic N) is 5. The standard InChI is InChI=1S/C18H17F3N6O2/c1-25-8-14(24-10-25)17(29)27-5-4-26(9-15(27)16(23)28)12-3-2-11(7-22)13(6-12)18(19,20)21/h2-3,6,8,10,15H,4-5,9H2,1H3,(H2,23,28). The maximum absolute atomic E-state index is 13.2. The van der Waals surface area contributed by atoms with E-state index in [0.29, 0.717) is 0 Å². The summed E-state index contributed by atoms with van der Waals surface area (Å²) >= 11 is 0. The molecule has 1 aromatic carbocycles. The number of alkyl halides is 3. The number of hydrogen-bond acceptors (Lipinski definition) is 5. The van der Waals surface area contributed by atoms with E-state index in [4.69, 9.17) is 11.0 Å². The third-order valence-corrected chi connectivity index (χ3v) is 4.69. The molecule has 1 aliphatic heterocycles. The fourth-order valence-electron chi connectivity index (χ4n) is 3.24. The van der Waals surface area contributed by atoms with E-state index in [1.807, 2.05) is 0 Å². The van der Waals surface area contributed by atoms with Crippen LogP contribution in [0.3, 0.4) is 0 Å². The van der Waals surface area contributed by atoms with Gasteiger partial charge in [0.25, 0.3) is 5.91 Å². The molecule has 0 aliphatic carbocycles. The first-order chi connectivity index (χ1) is 13.6. The largest absolute Gasteiger partial charge is 0.417 e. The van der Waals surface area contributed by atoms with E-state index < -0.39 is 35.2 Å². The number of aryl methyl sites for hydroxylation is 1. The Labute approximate surface area is 163 Å². The molecule has 1 unspecified atom stereocenters. The third-order valence-electron chi connectivity index (χ3n) is 4.69. The first-order valence-corrected chi connectivity index (χ1v) is 8.56. The van der Waals surface area contributed by atoms with Crippen LogP contribution in [0.4, 0.5) is 18.9 Å². The molecular formula is C18H17F3N6O2. The summed E-state index contributed by atoms with van der Waals surface area (Å²) in [5, 5.41) is 8.93. The molecular weight excluding hydrogens is 389 g/mol. The number of nitriles is 1. The molecule has 0 radical (unpaired) electrons. The molecule has 0 bridgehead atoms. The van der Waals surface area contributed by atoms with Gasteiger partial charge >= 0.3 is 6.18 Å². The van der Waals surface area contributed by atoms with Crippen LogP contribution in [0.25, 0.3) is 0 Å². The van der Waals surface area contributed by atoms with Crippen molar-refractivity contribution in [3.05, 3.63) is 47.5 Å². The molecule has 2 heterocycles. The molecule has 0 saturated carbocycles. The summed E-state index contributed by atoms with van der Waals surface area (Å²) in [6, 6.07) is 3.82. The number of amides is 2. The molecule has 0 spiro atoms. The van der Waals surface area contributed by atoms with Crippen molar-refractivity contribution >= 4 is 17.5 Å². The Morgan fingerprint density at radius 3 is 2.59 bits per heavy atom. The summed E-state index contributed by atoms with van der Waals surface area (Å²) in [5.74, 6) is -1.26. The lowest BCUT2D eigenvalue weighted by Crippen LogP contribution is -2.60. The van der Waals surface area contributed by atoms with Crippen LogP contribution in [0.1, 0.15) is 21.6 Å². The van der Waals surface area contributed by atoms with Gasteiger partial charge in [0.15, 0.2) is 0 Å². The number of primary amides is 1. The zero-order valence-electron chi connectivity index (χ0n) is 15.3. The van der Waals surface area contributed by atoms with Gasteiger partial charge < -0.3 is 20.1 Å². The third kappa shape index (κ3) is 4.01. The van der Waals surface area contributed by atoms with Gasteiger partial charge in [-0.25, -0.2) is 4.98 Å². The minimum absolute atomic E-state index is 0.0723. The molecule has 1 aromatic heterocycles. The van der Waals surface area contributed by atoms with Crippen molar-refractivity contribution in [2.45, 2.75) is 12.2 Å². The lowest BCUT2D eigenvalue weighted by molar-refractivity contribution is -0.137. The lowest BCUT2D eigenvalue weighted by atomic mass is 10.0. The second-order valence-electron chi connectivity index (χ2n) is 6.63. The van der Waals surface area contributed by atoms with Crippen molar-refractivity contribution in [3.63, 3.8) is 0 Å². The van der Waals surface area contributed by atoms with E-state index in [2.05, 4.69) is 4.98 Å². The minimum Gasteiger partial charge on any atom is -0.368 e. The Morgan fingerprint density at radius 1 is 1.31 bits per heavy atom. The monoisotopic (exact) mass is 406 g/mol. The van der Waals surface area contributed by atoms with Crippen LogP contribution in [0, 0.1) is 11.3 Å². The highest BCUT2D eigenvalue weighted by molar-refractivity contribution is 5.96. The topological polar surface area (TPSA) is 108 Å². The van der Waals surface area contributed by atoms with Crippen LogP contribution >= 0.6 is 0 Å². The van der Waals surface area contributed by atoms with Crippen LogP contribution in [-0.2, 0) is 18.0 Å². The average molecular weight is 406 g/mol. The van der Waals surface area contributed by atoms with Crippen molar-refractivity contribution in [1.29, 1.82) is 5.26 Å². The minimum atomic E-state index is -4.69. The maximum atomic E-state index is 13.2. The van der Waals surface area contributed by atoms with Crippen LogP contribution in [0.15, 0.2) is 30.7 Å². The molecule has 1 fully saturated rings. The van der Waals surface area contributed by atoms with Crippen LogP contribution in [-0.4, -0.2) is 51.9 Å². The number of imidazole rings is 1. The Bertz CT molecular complexity index is 994. The van der Waals surface area contributed by atoms with E-state index in [0.717, 1.165) is 12.1 Å². The first kappa shape index (κ1) is 20.2. The van der Waals surface area contributed by atoms with Crippen molar-refractivity contribution < 1.29 is 22.8 Å². The summed E-state index contributed by atoms with van der Waals surface area (Å²) in [7, 11) is 1.69. The van der Waals surface area contributed by atoms with Crippen LogP contribution in [0.5, 0.6) is 0 Å². The second-order valence-corrected chi connectivity index (χ2v) is 6.63. The van der Waals surface area contributed by atoms with Gasteiger partial charge in [-0.15, -0.1) is 0 Å². The zero-order chi connectivity index (χ0) is 21.3. The molecule has 29 heavy (non-hydrogen) atoms. The molecule has 3 rings (SSSR count).